The van der Waals surface area contributed by atoms with E-state index in [4.69, 9.17) is 14.2 Å². The van der Waals surface area contributed by atoms with Crippen LogP contribution >= 0.6 is 0 Å². The van der Waals surface area contributed by atoms with Gasteiger partial charge in [-0.2, -0.15) is 4.98 Å². The Morgan fingerprint density at radius 3 is 2.27 bits per heavy atom. The molecular weight excluding hydrogens is 496 g/mol. The minimum atomic E-state index is -3.83. The molecule has 0 saturated carbocycles. The Balaban J connectivity index is 1.46. The van der Waals surface area contributed by atoms with Gasteiger partial charge in [0.2, 0.25) is 11.7 Å². The Hall–Kier alpha value is -4.58. The second kappa shape index (κ2) is 9.47. The number of aryl methyl sites for hydroxylation is 1. The van der Waals surface area contributed by atoms with Gasteiger partial charge in [-0.1, -0.05) is 17.7 Å². The lowest BCUT2D eigenvalue weighted by atomic mass is 10.2. The molecule has 12 heteroatoms. The standard InChI is InChI=1S/C25H24N6O5S/c1-16-5-7-19(8-6-16)37(32,33)31-10-9-17-13-26-25(29-24(17)31)28-22-14-30(15-27-22)18-11-20(34-2)23(36-4)21(12-18)35-3/h5-15H,1-4H3,(H,26,28,29). The van der Waals surface area contributed by atoms with Gasteiger partial charge in [-0.25, -0.2) is 22.4 Å². The molecule has 0 aliphatic heterocycles. The molecule has 11 nitrogen and oxygen atoms in total. The Bertz CT molecular complexity index is 1670. The molecular formula is C25H24N6O5S. The fraction of sp³-hybridized carbons (Fsp3) is 0.160. The summed E-state index contributed by atoms with van der Waals surface area (Å²) in [5.41, 5.74) is 1.95. The van der Waals surface area contributed by atoms with Crippen molar-refractivity contribution in [1.29, 1.82) is 0 Å². The Morgan fingerprint density at radius 1 is 0.919 bits per heavy atom. The van der Waals surface area contributed by atoms with Gasteiger partial charge in [0.1, 0.15) is 6.33 Å². The Morgan fingerprint density at radius 2 is 1.62 bits per heavy atom. The molecule has 0 unspecified atom stereocenters. The van der Waals surface area contributed by atoms with Crippen LogP contribution in [0.4, 0.5) is 11.8 Å². The molecule has 37 heavy (non-hydrogen) atoms. The predicted molar refractivity (Wildman–Crippen MR) is 138 cm³/mol. The molecule has 0 atom stereocenters. The number of hydrogen-bond acceptors (Lipinski definition) is 9. The fourth-order valence-corrected chi connectivity index (χ4v) is 5.13. The van der Waals surface area contributed by atoms with E-state index in [-0.39, 0.29) is 16.5 Å². The molecule has 0 bridgehead atoms. The molecule has 0 saturated heterocycles. The van der Waals surface area contributed by atoms with Crippen molar-refractivity contribution < 1.29 is 22.6 Å². The van der Waals surface area contributed by atoms with Crippen LogP contribution in [0.15, 0.2) is 72.3 Å². The molecule has 190 valence electrons. The van der Waals surface area contributed by atoms with Gasteiger partial charge < -0.3 is 24.1 Å². The highest BCUT2D eigenvalue weighted by atomic mass is 32.2. The van der Waals surface area contributed by atoms with Gasteiger partial charge in [-0.15, -0.1) is 0 Å². The van der Waals surface area contributed by atoms with Crippen molar-refractivity contribution in [3.05, 3.63) is 72.9 Å². The number of ether oxygens (including phenoxy) is 3. The van der Waals surface area contributed by atoms with E-state index < -0.39 is 10.0 Å². The van der Waals surface area contributed by atoms with Crippen LogP contribution in [0.2, 0.25) is 0 Å². The quantitative estimate of drug-likeness (QED) is 0.324. The third-order valence-electron chi connectivity index (χ3n) is 5.74. The van der Waals surface area contributed by atoms with Gasteiger partial charge in [-0.05, 0) is 25.1 Å². The molecule has 2 aromatic carbocycles. The molecule has 0 spiro atoms. The van der Waals surface area contributed by atoms with Crippen molar-refractivity contribution in [2.75, 3.05) is 26.6 Å². The van der Waals surface area contributed by atoms with E-state index in [0.717, 1.165) is 15.2 Å². The average Bonchev–Trinajstić information content (AvgIpc) is 3.55. The number of anilines is 2. The van der Waals surface area contributed by atoms with Crippen LogP contribution in [0.5, 0.6) is 17.2 Å². The van der Waals surface area contributed by atoms with Gasteiger partial charge in [0.25, 0.3) is 10.0 Å². The molecule has 5 aromatic rings. The van der Waals surface area contributed by atoms with Crippen molar-refractivity contribution >= 4 is 32.8 Å². The minimum absolute atomic E-state index is 0.174. The van der Waals surface area contributed by atoms with Gasteiger partial charge >= 0.3 is 0 Å². The molecule has 5 rings (SSSR count). The SMILES string of the molecule is COc1cc(-n2cnc(Nc3ncc4ccn(S(=O)(=O)c5ccc(C)cc5)c4n3)c2)cc(OC)c1OC. The first-order valence-electron chi connectivity index (χ1n) is 11.1. The van der Waals surface area contributed by atoms with Crippen LogP contribution in [0.25, 0.3) is 16.7 Å². The summed E-state index contributed by atoms with van der Waals surface area (Å²) in [7, 11) is 0.797. The Labute approximate surface area is 213 Å². The van der Waals surface area contributed by atoms with Crippen LogP contribution in [-0.2, 0) is 10.0 Å². The molecule has 0 aliphatic rings. The highest BCUT2D eigenvalue weighted by Crippen LogP contribution is 2.39. The van der Waals surface area contributed by atoms with Crippen molar-refractivity contribution in [1.82, 2.24) is 23.5 Å². The smallest absolute Gasteiger partial charge is 0.269 e. The zero-order valence-corrected chi connectivity index (χ0v) is 21.4. The normalized spacial score (nSPS) is 11.5. The zero-order chi connectivity index (χ0) is 26.2. The summed E-state index contributed by atoms with van der Waals surface area (Å²) in [5.74, 6) is 2.14. The third-order valence-corrected chi connectivity index (χ3v) is 7.42. The summed E-state index contributed by atoms with van der Waals surface area (Å²) >= 11 is 0. The minimum Gasteiger partial charge on any atom is -0.493 e. The molecule has 0 fully saturated rings. The van der Waals surface area contributed by atoms with Crippen molar-refractivity contribution in [3.8, 4) is 22.9 Å². The summed E-state index contributed by atoms with van der Waals surface area (Å²) in [6.07, 6.45) is 6.36. The molecule has 0 amide bonds. The van der Waals surface area contributed by atoms with Crippen LogP contribution < -0.4 is 19.5 Å². The van der Waals surface area contributed by atoms with E-state index >= 15 is 0 Å². The van der Waals surface area contributed by atoms with Gasteiger partial charge in [0.15, 0.2) is 23.0 Å². The summed E-state index contributed by atoms with van der Waals surface area (Å²) in [6.45, 7) is 1.90. The number of methoxy groups -OCH3 is 3. The maximum atomic E-state index is 13.2. The monoisotopic (exact) mass is 520 g/mol. The maximum Gasteiger partial charge on any atom is 0.269 e. The van der Waals surface area contributed by atoms with Crippen molar-refractivity contribution in [3.63, 3.8) is 0 Å². The number of fused-ring (bicyclic) bond motifs is 1. The Kier molecular flexibility index (Phi) is 6.17. The zero-order valence-electron chi connectivity index (χ0n) is 20.5. The fourth-order valence-electron chi connectivity index (χ4n) is 3.83. The first-order valence-corrected chi connectivity index (χ1v) is 12.6. The lowest BCUT2D eigenvalue weighted by molar-refractivity contribution is 0.324. The number of rotatable bonds is 8. The van der Waals surface area contributed by atoms with Crippen molar-refractivity contribution in [2.45, 2.75) is 11.8 Å². The molecule has 1 N–H and O–H groups in total. The van der Waals surface area contributed by atoms with E-state index in [0.29, 0.717) is 28.5 Å². The highest BCUT2D eigenvalue weighted by molar-refractivity contribution is 7.90. The molecule has 3 heterocycles. The van der Waals surface area contributed by atoms with E-state index in [9.17, 15) is 8.42 Å². The summed E-state index contributed by atoms with van der Waals surface area (Å²) in [4.78, 5) is 13.3. The predicted octanol–water partition coefficient (Wildman–Crippen LogP) is 3.93. The molecule has 3 aromatic heterocycles. The van der Waals surface area contributed by atoms with E-state index in [2.05, 4.69) is 20.3 Å². The van der Waals surface area contributed by atoms with Crippen molar-refractivity contribution in [2.24, 2.45) is 0 Å². The first-order chi connectivity index (χ1) is 17.8. The second-order valence-corrected chi connectivity index (χ2v) is 9.89. The number of hydrogen-bond donors (Lipinski definition) is 1. The lowest BCUT2D eigenvalue weighted by Gasteiger charge is -2.14. The number of nitrogens with one attached hydrogen (secondary N) is 1. The molecule has 0 radical (unpaired) electrons. The number of benzene rings is 2. The van der Waals surface area contributed by atoms with Crippen LogP contribution in [0.1, 0.15) is 5.56 Å². The third kappa shape index (κ3) is 4.42. The average molecular weight is 521 g/mol. The summed E-state index contributed by atoms with van der Waals surface area (Å²) in [6, 6.07) is 11.9. The summed E-state index contributed by atoms with van der Waals surface area (Å²) < 4.78 is 45.6. The highest BCUT2D eigenvalue weighted by Gasteiger charge is 2.20. The number of imidazole rings is 1. The largest absolute Gasteiger partial charge is 0.493 e. The van der Waals surface area contributed by atoms with E-state index in [1.54, 1.807) is 87.1 Å². The first kappa shape index (κ1) is 24.1. The maximum absolute atomic E-state index is 13.2. The topological polar surface area (TPSA) is 122 Å². The number of aromatic nitrogens is 5. The lowest BCUT2D eigenvalue weighted by Crippen LogP contribution is -2.13. The van der Waals surface area contributed by atoms with E-state index in [1.807, 2.05) is 6.92 Å². The van der Waals surface area contributed by atoms with E-state index in [1.165, 1.54) is 6.20 Å². The van der Waals surface area contributed by atoms with Crippen LogP contribution in [-0.4, -0.2) is 53.2 Å². The van der Waals surface area contributed by atoms with Gasteiger partial charge in [0, 0.05) is 29.9 Å². The second-order valence-electron chi connectivity index (χ2n) is 8.08. The molecule has 0 aliphatic carbocycles. The summed E-state index contributed by atoms with van der Waals surface area (Å²) in [5, 5.41) is 3.62. The van der Waals surface area contributed by atoms with Gasteiger partial charge in [0.05, 0.1) is 38.1 Å². The van der Waals surface area contributed by atoms with Gasteiger partial charge in [-0.3, -0.25) is 0 Å². The van der Waals surface area contributed by atoms with Crippen LogP contribution in [0.3, 0.4) is 0 Å². The number of nitrogens with zero attached hydrogens (tertiary/aromatic N) is 5. The van der Waals surface area contributed by atoms with Crippen LogP contribution in [0, 0.1) is 6.92 Å².